The first-order valence-electron chi connectivity index (χ1n) is 11.3. The highest BCUT2D eigenvalue weighted by molar-refractivity contribution is 5.96. The molecule has 10 heteroatoms. The number of ketones is 1. The van der Waals surface area contributed by atoms with Crippen molar-refractivity contribution in [3.8, 4) is 5.75 Å². The quantitative estimate of drug-likeness (QED) is 0.323. The minimum absolute atomic E-state index is 0.150. The molecule has 0 saturated carbocycles. The van der Waals surface area contributed by atoms with Crippen molar-refractivity contribution in [3.63, 3.8) is 0 Å². The van der Waals surface area contributed by atoms with E-state index in [1.807, 2.05) is 30.3 Å². The summed E-state index contributed by atoms with van der Waals surface area (Å²) >= 11 is 0. The van der Waals surface area contributed by atoms with Crippen molar-refractivity contribution in [2.75, 3.05) is 13.7 Å². The van der Waals surface area contributed by atoms with Crippen LogP contribution >= 0.6 is 0 Å². The van der Waals surface area contributed by atoms with E-state index in [4.69, 9.17) is 15.2 Å². The predicted molar refractivity (Wildman–Crippen MR) is 128 cm³/mol. The Morgan fingerprint density at radius 1 is 0.914 bits per heavy atom. The van der Waals surface area contributed by atoms with Crippen LogP contribution < -0.4 is 26.4 Å². The van der Waals surface area contributed by atoms with Crippen LogP contribution in [0.2, 0.25) is 0 Å². The van der Waals surface area contributed by atoms with Gasteiger partial charge in [0.1, 0.15) is 23.9 Å². The summed E-state index contributed by atoms with van der Waals surface area (Å²) < 4.78 is 10.3. The van der Waals surface area contributed by atoms with E-state index >= 15 is 0 Å². The van der Waals surface area contributed by atoms with Crippen LogP contribution in [0.4, 0.5) is 4.79 Å². The maximum Gasteiger partial charge on any atom is 0.312 e. The number of epoxide rings is 1. The summed E-state index contributed by atoms with van der Waals surface area (Å²) in [5, 5.41) is 7.74. The first-order chi connectivity index (χ1) is 16.8. The Labute approximate surface area is 203 Å². The number of rotatable bonds is 12. The van der Waals surface area contributed by atoms with E-state index in [2.05, 4.69) is 16.0 Å². The topological polar surface area (TPSA) is 152 Å². The van der Waals surface area contributed by atoms with Gasteiger partial charge in [-0.3, -0.25) is 14.4 Å². The van der Waals surface area contributed by atoms with Crippen molar-refractivity contribution in [1.82, 2.24) is 16.0 Å². The molecule has 0 radical (unpaired) electrons. The van der Waals surface area contributed by atoms with E-state index in [-0.39, 0.29) is 18.6 Å². The minimum Gasteiger partial charge on any atom is -0.497 e. The van der Waals surface area contributed by atoms with Gasteiger partial charge in [-0.05, 0) is 36.6 Å². The van der Waals surface area contributed by atoms with E-state index in [9.17, 15) is 19.2 Å². The number of primary amides is 1. The molecule has 0 aliphatic carbocycles. The molecule has 35 heavy (non-hydrogen) atoms. The first kappa shape index (κ1) is 25.7. The Balaban J connectivity index is 1.78. The summed E-state index contributed by atoms with van der Waals surface area (Å²) in [6.45, 7) is 1.77. The zero-order chi connectivity index (χ0) is 25.4. The molecule has 4 amide bonds. The van der Waals surface area contributed by atoms with Crippen molar-refractivity contribution in [2.24, 2.45) is 5.73 Å². The van der Waals surface area contributed by atoms with Gasteiger partial charge in [-0.15, -0.1) is 0 Å². The fourth-order valence-corrected chi connectivity index (χ4v) is 3.56. The minimum atomic E-state index is -1.01. The molecule has 10 nitrogen and oxygen atoms in total. The largest absolute Gasteiger partial charge is 0.497 e. The lowest BCUT2D eigenvalue weighted by Crippen LogP contribution is -2.56. The second-order valence-electron chi connectivity index (χ2n) is 8.32. The molecule has 1 aliphatic rings. The van der Waals surface area contributed by atoms with Crippen LogP contribution in [0.25, 0.3) is 0 Å². The Kier molecular flexibility index (Phi) is 8.80. The van der Waals surface area contributed by atoms with Crippen molar-refractivity contribution < 1.29 is 28.7 Å². The molecule has 1 saturated heterocycles. The first-order valence-corrected chi connectivity index (χ1v) is 11.3. The van der Waals surface area contributed by atoms with Gasteiger partial charge in [-0.25, -0.2) is 4.79 Å². The van der Waals surface area contributed by atoms with Crippen molar-refractivity contribution >= 4 is 23.6 Å². The van der Waals surface area contributed by atoms with Crippen LogP contribution in [-0.2, 0) is 32.0 Å². The molecule has 186 valence electrons. The Morgan fingerprint density at radius 3 is 2.06 bits per heavy atom. The number of Topliss-reactive ketones (excluding diaryl/α,β-unsaturated/α-hetero) is 1. The van der Waals surface area contributed by atoms with E-state index < -0.39 is 42.1 Å². The zero-order valence-electron chi connectivity index (χ0n) is 19.7. The third-order valence-electron chi connectivity index (χ3n) is 5.58. The Morgan fingerprint density at radius 2 is 1.49 bits per heavy atom. The number of ether oxygens (including phenoxy) is 2. The zero-order valence-corrected chi connectivity index (χ0v) is 19.7. The highest BCUT2D eigenvalue weighted by Crippen LogP contribution is 2.16. The molecular formula is C25H30N4O6. The number of nitrogens with one attached hydrogen (secondary N) is 3. The number of urea groups is 1. The maximum absolute atomic E-state index is 13.3. The third-order valence-corrected chi connectivity index (χ3v) is 5.58. The normalized spacial score (nSPS) is 16.8. The lowest BCUT2D eigenvalue weighted by Gasteiger charge is -2.24. The van der Waals surface area contributed by atoms with Gasteiger partial charge in [-0.1, -0.05) is 42.5 Å². The Bertz CT molecular complexity index is 1040. The predicted octanol–water partition coefficient (Wildman–Crippen LogP) is 0.475. The van der Waals surface area contributed by atoms with Gasteiger partial charge >= 0.3 is 6.03 Å². The van der Waals surface area contributed by atoms with Gasteiger partial charge < -0.3 is 31.2 Å². The smallest absolute Gasteiger partial charge is 0.312 e. The van der Waals surface area contributed by atoms with E-state index in [0.717, 1.165) is 11.1 Å². The molecule has 5 N–H and O–H groups in total. The summed E-state index contributed by atoms with van der Waals surface area (Å²) in [6, 6.07) is 12.7. The van der Waals surface area contributed by atoms with Gasteiger partial charge in [0.05, 0.1) is 19.8 Å². The molecule has 3 rings (SSSR count). The highest BCUT2D eigenvalue weighted by Gasteiger charge is 2.38. The molecule has 2 aromatic rings. The lowest BCUT2D eigenvalue weighted by molar-refractivity contribution is -0.132. The monoisotopic (exact) mass is 482 g/mol. The summed E-state index contributed by atoms with van der Waals surface area (Å²) in [5.41, 5.74) is 6.75. The molecule has 3 unspecified atom stereocenters. The molecule has 1 fully saturated rings. The van der Waals surface area contributed by atoms with Gasteiger partial charge in [0, 0.05) is 6.42 Å². The van der Waals surface area contributed by atoms with Crippen molar-refractivity contribution in [2.45, 2.75) is 44.0 Å². The SMILES string of the molecule is COc1ccc(C[C@H](NC(=O)C(C)NC(N)=O)C(=O)NC(Cc2ccccc2)C(=O)C2CO2)cc1. The molecule has 0 spiro atoms. The van der Waals surface area contributed by atoms with Crippen LogP contribution in [0.3, 0.4) is 0 Å². The average molecular weight is 483 g/mol. The van der Waals surface area contributed by atoms with Crippen LogP contribution in [0.15, 0.2) is 54.6 Å². The summed E-state index contributed by atoms with van der Waals surface area (Å²) in [6.07, 6.45) is -0.107. The van der Waals surface area contributed by atoms with Crippen molar-refractivity contribution in [1.29, 1.82) is 0 Å². The highest BCUT2D eigenvalue weighted by atomic mass is 16.6. The number of methoxy groups -OCH3 is 1. The summed E-state index contributed by atoms with van der Waals surface area (Å²) in [7, 11) is 1.55. The van der Waals surface area contributed by atoms with E-state index in [1.165, 1.54) is 6.92 Å². The number of nitrogens with two attached hydrogens (primary N) is 1. The number of amides is 4. The molecule has 1 aliphatic heterocycles. The molecule has 0 bridgehead atoms. The van der Waals surface area contributed by atoms with E-state index in [0.29, 0.717) is 12.4 Å². The molecule has 1 heterocycles. The summed E-state index contributed by atoms with van der Waals surface area (Å²) in [5.74, 6) is -0.694. The lowest BCUT2D eigenvalue weighted by atomic mass is 9.99. The Hall–Kier alpha value is -3.92. The van der Waals surface area contributed by atoms with Crippen LogP contribution in [0, 0.1) is 0 Å². The number of benzene rings is 2. The maximum atomic E-state index is 13.3. The van der Waals surface area contributed by atoms with Crippen LogP contribution in [-0.4, -0.2) is 61.6 Å². The fourth-order valence-electron chi connectivity index (χ4n) is 3.56. The number of hydrogen-bond acceptors (Lipinski definition) is 6. The second kappa shape index (κ2) is 12.0. The molecule has 2 aromatic carbocycles. The fraction of sp³-hybridized carbons (Fsp3) is 0.360. The number of carbonyl (C=O) groups is 4. The second-order valence-corrected chi connectivity index (χ2v) is 8.32. The average Bonchev–Trinajstić information content (AvgIpc) is 3.69. The number of hydrogen-bond donors (Lipinski definition) is 4. The van der Waals surface area contributed by atoms with Crippen LogP contribution in [0.1, 0.15) is 18.1 Å². The van der Waals surface area contributed by atoms with Gasteiger partial charge in [0.2, 0.25) is 11.8 Å². The van der Waals surface area contributed by atoms with Gasteiger partial charge in [-0.2, -0.15) is 0 Å². The summed E-state index contributed by atoms with van der Waals surface area (Å²) in [4.78, 5) is 50.0. The molecule has 4 atom stereocenters. The van der Waals surface area contributed by atoms with E-state index in [1.54, 1.807) is 31.4 Å². The number of carbonyl (C=O) groups excluding carboxylic acids is 4. The van der Waals surface area contributed by atoms with Crippen LogP contribution in [0.5, 0.6) is 5.75 Å². The van der Waals surface area contributed by atoms with Crippen molar-refractivity contribution in [3.05, 3.63) is 65.7 Å². The standard InChI is InChI=1S/C25H30N4O6/c1-15(27-25(26)33)23(31)29-20(13-17-8-10-18(34-2)11-9-17)24(32)28-19(22(30)21-14-35-21)12-16-6-4-3-5-7-16/h3-11,15,19-21H,12-14H2,1-2H3,(H,28,32)(H,29,31)(H3,26,27,33)/t15?,19?,20-,21?/m0/s1. The molecular weight excluding hydrogens is 452 g/mol. The third kappa shape index (κ3) is 7.82. The van der Waals surface area contributed by atoms with Gasteiger partial charge in [0.25, 0.3) is 0 Å². The van der Waals surface area contributed by atoms with Gasteiger partial charge in [0.15, 0.2) is 5.78 Å². The molecule has 0 aromatic heterocycles.